The lowest BCUT2D eigenvalue weighted by molar-refractivity contribution is 0.647. The Morgan fingerprint density at radius 1 is 0.952 bits per heavy atom. The van der Waals surface area contributed by atoms with Gasteiger partial charge in [-0.25, -0.2) is 15.0 Å². The van der Waals surface area contributed by atoms with Crippen molar-refractivity contribution < 1.29 is 0 Å². The monoisotopic (exact) mass is 299 g/mol. The minimum atomic E-state index is 0.904. The fraction of sp³-hybridized carbons (Fsp3) is 0.308. The van der Waals surface area contributed by atoms with Gasteiger partial charge in [-0.15, -0.1) is 11.3 Å². The summed E-state index contributed by atoms with van der Waals surface area (Å²) in [7, 11) is 0. The molecular formula is C13H13N7S. The summed E-state index contributed by atoms with van der Waals surface area (Å²) < 4.78 is 0. The second kappa shape index (κ2) is 5.21. The van der Waals surface area contributed by atoms with Crippen molar-refractivity contribution in [2.75, 3.05) is 36.0 Å². The number of anilines is 2. The molecule has 0 N–H and O–H groups in total. The summed E-state index contributed by atoms with van der Waals surface area (Å²) in [6, 6.07) is 1.99. The van der Waals surface area contributed by atoms with Gasteiger partial charge in [0, 0.05) is 26.2 Å². The van der Waals surface area contributed by atoms with E-state index in [4.69, 9.17) is 0 Å². The summed E-state index contributed by atoms with van der Waals surface area (Å²) in [5.41, 5.74) is 3.84. The summed E-state index contributed by atoms with van der Waals surface area (Å²) in [5, 5.41) is 7.76. The Labute approximate surface area is 125 Å². The Balaban J connectivity index is 1.54. The predicted molar refractivity (Wildman–Crippen MR) is 81.7 cm³/mol. The highest BCUT2D eigenvalue weighted by Crippen LogP contribution is 2.25. The molecule has 21 heavy (non-hydrogen) atoms. The molecule has 3 aromatic rings. The lowest BCUT2D eigenvalue weighted by Gasteiger charge is -2.36. The number of hydrogen-bond acceptors (Lipinski definition) is 8. The van der Waals surface area contributed by atoms with E-state index in [1.165, 1.54) is 0 Å². The van der Waals surface area contributed by atoms with Crippen LogP contribution in [0.1, 0.15) is 0 Å². The van der Waals surface area contributed by atoms with Gasteiger partial charge in [-0.1, -0.05) is 0 Å². The molecule has 0 atom stereocenters. The highest BCUT2D eigenvalue weighted by molar-refractivity contribution is 7.16. The Bertz CT molecular complexity index is 736. The summed E-state index contributed by atoms with van der Waals surface area (Å²) in [6.07, 6.45) is 5.15. The standard InChI is InChI=1S/C13H13N7S/c1-2-17-18-7-10(1)19-3-5-20(6-4-19)12-11-13(15-8-14-12)21-9-16-11/h1-2,7-9H,3-6H2. The smallest absolute Gasteiger partial charge is 0.159 e. The molecule has 4 heterocycles. The van der Waals surface area contributed by atoms with E-state index in [9.17, 15) is 0 Å². The van der Waals surface area contributed by atoms with Crippen molar-refractivity contribution in [2.45, 2.75) is 0 Å². The summed E-state index contributed by atoms with van der Waals surface area (Å²) >= 11 is 1.55. The lowest BCUT2D eigenvalue weighted by atomic mass is 10.3. The molecule has 0 aliphatic carbocycles. The maximum atomic E-state index is 4.42. The van der Waals surface area contributed by atoms with Crippen LogP contribution in [0, 0.1) is 0 Å². The molecule has 0 saturated carbocycles. The molecule has 1 saturated heterocycles. The van der Waals surface area contributed by atoms with Crippen molar-refractivity contribution in [1.29, 1.82) is 0 Å². The molecule has 4 rings (SSSR count). The fourth-order valence-electron chi connectivity index (χ4n) is 2.56. The van der Waals surface area contributed by atoms with Crippen molar-refractivity contribution >= 4 is 33.2 Å². The first-order chi connectivity index (χ1) is 10.4. The van der Waals surface area contributed by atoms with Gasteiger partial charge in [0.05, 0.1) is 23.6 Å². The normalized spacial score (nSPS) is 15.6. The van der Waals surface area contributed by atoms with E-state index in [1.807, 2.05) is 11.6 Å². The number of nitrogens with zero attached hydrogens (tertiary/aromatic N) is 7. The highest BCUT2D eigenvalue weighted by atomic mass is 32.1. The Morgan fingerprint density at radius 2 is 1.81 bits per heavy atom. The molecule has 8 heteroatoms. The van der Waals surface area contributed by atoms with E-state index in [0.717, 1.165) is 48.0 Å². The maximum absolute atomic E-state index is 4.42. The first kappa shape index (κ1) is 12.4. The van der Waals surface area contributed by atoms with Crippen LogP contribution in [-0.4, -0.2) is 51.3 Å². The second-order valence-corrected chi connectivity index (χ2v) is 5.61. The third-order valence-corrected chi connectivity index (χ3v) is 4.36. The molecule has 0 aromatic carbocycles. The van der Waals surface area contributed by atoms with Gasteiger partial charge in [-0.05, 0) is 6.07 Å². The molecule has 1 aliphatic heterocycles. The lowest BCUT2D eigenvalue weighted by Crippen LogP contribution is -2.47. The maximum Gasteiger partial charge on any atom is 0.159 e. The third kappa shape index (κ3) is 2.27. The van der Waals surface area contributed by atoms with E-state index in [-0.39, 0.29) is 0 Å². The van der Waals surface area contributed by atoms with Crippen LogP contribution in [-0.2, 0) is 0 Å². The largest absolute Gasteiger partial charge is 0.367 e. The van der Waals surface area contributed by atoms with Crippen LogP contribution >= 0.6 is 11.3 Å². The van der Waals surface area contributed by atoms with E-state index in [1.54, 1.807) is 30.1 Å². The van der Waals surface area contributed by atoms with Crippen LogP contribution in [0.25, 0.3) is 10.3 Å². The van der Waals surface area contributed by atoms with Gasteiger partial charge >= 0.3 is 0 Å². The molecule has 0 bridgehead atoms. The van der Waals surface area contributed by atoms with Gasteiger partial charge < -0.3 is 9.80 Å². The van der Waals surface area contributed by atoms with Crippen LogP contribution in [0.4, 0.5) is 11.5 Å². The first-order valence-corrected chi connectivity index (χ1v) is 7.60. The zero-order valence-corrected chi connectivity index (χ0v) is 12.1. The van der Waals surface area contributed by atoms with Crippen molar-refractivity contribution in [3.8, 4) is 0 Å². The molecule has 0 spiro atoms. The zero-order chi connectivity index (χ0) is 14.1. The number of fused-ring (bicyclic) bond motifs is 1. The van der Waals surface area contributed by atoms with Crippen LogP contribution in [0.2, 0.25) is 0 Å². The van der Waals surface area contributed by atoms with E-state index >= 15 is 0 Å². The van der Waals surface area contributed by atoms with E-state index in [0.29, 0.717) is 0 Å². The predicted octanol–water partition coefficient (Wildman–Crippen LogP) is 1.20. The molecule has 1 fully saturated rings. The Hall–Kier alpha value is -2.35. The first-order valence-electron chi connectivity index (χ1n) is 6.72. The Kier molecular flexibility index (Phi) is 3.07. The van der Waals surface area contributed by atoms with Gasteiger partial charge in [-0.2, -0.15) is 10.2 Å². The molecule has 1 aliphatic rings. The van der Waals surface area contributed by atoms with Gasteiger partial charge in [0.2, 0.25) is 0 Å². The number of hydrogen-bond donors (Lipinski definition) is 0. The number of piperazine rings is 1. The van der Waals surface area contributed by atoms with Crippen LogP contribution in [0.5, 0.6) is 0 Å². The van der Waals surface area contributed by atoms with Gasteiger partial charge in [0.25, 0.3) is 0 Å². The number of thiazole rings is 1. The highest BCUT2D eigenvalue weighted by Gasteiger charge is 2.21. The summed E-state index contributed by atoms with van der Waals surface area (Å²) in [4.78, 5) is 18.6. The van der Waals surface area contributed by atoms with Crippen molar-refractivity contribution in [1.82, 2.24) is 25.1 Å². The average Bonchev–Trinajstić information content (AvgIpc) is 3.04. The second-order valence-electron chi connectivity index (χ2n) is 4.78. The molecule has 3 aromatic heterocycles. The van der Waals surface area contributed by atoms with Crippen LogP contribution < -0.4 is 9.80 Å². The number of aromatic nitrogens is 5. The molecule has 106 valence electrons. The fourth-order valence-corrected chi connectivity index (χ4v) is 3.18. The zero-order valence-electron chi connectivity index (χ0n) is 11.3. The minimum absolute atomic E-state index is 0.904. The SMILES string of the molecule is c1cc(N2CCN(c3ncnc4scnc34)CC2)cnn1. The average molecular weight is 299 g/mol. The van der Waals surface area contributed by atoms with E-state index in [2.05, 4.69) is 34.9 Å². The molecular weight excluding hydrogens is 286 g/mol. The molecule has 0 amide bonds. The van der Waals surface area contributed by atoms with Crippen molar-refractivity contribution in [2.24, 2.45) is 0 Å². The van der Waals surface area contributed by atoms with Crippen LogP contribution in [0.15, 0.2) is 30.3 Å². The molecule has 0 radical (unpaired) electrons. The summed E-state index contributed by atoms with van der Waals surface area (Å²) in [6.45, 7) is 3.68. The minimum Gasteiger partial charge on any atom is -0.367 e. The van der Waals surface area contributed by atoms with Gasteiger partial charge in [-0.3, -0.25) is 0 Å². The summed E-state index contributed by atoms with van der Waals surface area (Å²) in [5.74, 6) is 0.939. The van der Waals surface area contributed by atoms with E-state index < -0.39 is 0 Å². The Morgan fingerprint density at radius 3 is 2.62 bits per heavy atom. The quantitative estimate of drug-likeness (QED) is 0.704. The molecule has 7 nitrogen and oxygen atoms in total. The van der Waals surface area contributed by atoms with Crippen molar-refractivity contribution in [3.05, 3.63) is 30.3 Å². The third-order valence-electron chi connectivity index (χ3n) is 3.63. The topological polar surface area (TPSA) is 70.9 Å². The van der Waals surface area contributed by atoms with Gasteiger partial charge in [0.15, 0.2) is 5.82 Å². The molecule has 0 unspecified atom stereocenters. The van der Waals surface area contributed by atoms with Gasteiger partial charge in [0.1, 0.15) is 16.7 Å². The number of rotatable bonds is 2. The van der Waals surface area contributed by atoms with Crippen LogP contribution in [0.3, 0.4) is 0 Å². The van der Waals surface area contributed by atoms with Crippen molar-refractivity contribution in [3.63, 3.8) is 0 Å².